The lowest BCUT2D eigenvalue weighted by Crippen LogP contribution is -2.34. The molecule has 16 heavy (non-hydrogen) atoms. The quantitative estimate of drug-likeness (QED) is 0.841. The highest BCUT2D eigenvalue weighted by Crippen LogP contribution is 2.43. The Balaban J connectivity index is 2.43. The van der Waals surface area contributed by atoms with Crippen LogP contribution in [0.5, 0.6) is 0 Å². The highest BCUT2D eigenvalue weighted by molar-refractivity contribution is 5.77. The number of fused-ring (bicyclic) bond motifs is 1. The lowest BCUT2D eigenvalue weighted by molar-refractivity contribution is -0.168. The number of alkyl halides is 2. The van der Waals surface area contributed by atoms with Crippen molar-refractivity contribution in [2.24, 2.45) is 0 Å². The first kappa shape index (κ1) is 11.0. The van der Waals surface area contributed by atoms with Gasteiger partial charge in [0.1, 0.15) is 0 Å². The summed E-state index contributed by atoms with van der Waals surface area (Å²) in [5.41, 5.74) is 2.22. The number of hydrogen-bond donors (Lipinski definition) is 1. The molecule has 1 aliphatic rings. The summed E-state index contributed by atoms with van der Waals surface area (Å²) < 4.78 is 26.9. The smallest absolute Gasteiger partial charge is 0.375 e. The first-order valence-electron chi connectivity index (χ1n) is 5.13. The number of carboxylic acids is 1. The minimum Gasteiger partial charge on any atom is -0.477 e. The lowest BCUT2D eigenvalue weighted by Gasteiger charge is -2.19. The molecule has 0 saturated carbocycles. The molecule has 1 atom stereocenters. The maximum absolute atomic E-state index is 13.5. The highest BCUT2D eigenvalue weighted by Gasteiger charge is 2.50. The fourth-order valence-electron chi connectivity index (χ4n) is 2.25. The molecule has 0 bridgehead atoms. The summed E-state index contributed by atoms with van der Waals surface area (Å²) >= 11 is 0. The Kier molecular flexibility index (Phi) is 2.45. The van der Waals surface area contributed by atoms with Crippen LogP contribution in [0.4, 0.5) is 8.78 Å². The third-order valence-electron chi connectivity index (χ3n) is 3.10. The Morgan fingerprint density at radius 1 is 1.50 bits per heavy atom. The second-order valence-electron chi connectivity index (χ2n) is 4.22. The molecule has 4 heteroatoms. The van der Waals surface area contributed by atoms with Crippen molar-refractivity contribution in [1.29, 1.82) is 0 Å². The van der Waals surface area contributed by atoms with Crippen molar-refractivity contribution in [3.63, 3.8) is 0 Å². The normalized spacial score (nSPS) is 19.6. The fourth-order valence-corrected chi connectivity index (χ4v) is 2.25. The molecule has 1 unspecified atom stereocenters. The highest BCUT2D eigenvalue weighted by atomic mass is 19.3. The molecule has 0 saturated heterocycles. The van der Waals surface area contributed by atoms with Gasteiger partial charge in [0.2, 0.25) is 0 Å². The summed E-state index contributed by atoms with van der Waals surface area (Å²) in [6.07, 6.45) is 0.737. The molecule has 0 aliphatic heterocycles. The van der Waals surface area contributed by atoms with E-state index in [1.165, 1.54) is 0 Å². The van der Waals surface area contributed by atoms with Crippen LogP contribution in [0.2, 0.25) is 0 Å². The van der Waals surface area contributed by atoms with Crippen LogP contribution in [-0.4, -0.2) is 17.0 Å². The van der Waals surface area contributed by atoms with E-state index in [2.05, 4.69) is 0 Å². The third kappa shape index (κ3) is 1.58. The summed E-state index contributed by atoms with van der Waals surface area (Å²) in [7, 11) is 0. The molecule has 0 radical (unpaired) electrons. The maximum Gasteiger partial charge on any atom is 0.375 e. The molecule has 0 fully saturated rings. The molecule has 0 amide bonds. The summed E-state index contributed by atoms with van der Waals surface area (Å²) in [5.74, 6) is -6.88. The number of benzene rings is 1. The summed E-state index contributed by atoms with van der Waals surface area (Å²) in [6.45, 7) is 1.81. The summed E-state index contributed by atoms with van der Waals surface area (Å²) in [5, 5.41) is 8.55. The minimum atomic E-state index is -3.67. The van der Waals surface area contributed by atoms with Crippen LogP contribution in [0.1, 0.15) is 29.0 Å². The monoisotopic (exact) mass is 226 g/mol. The third-order valence-corrected chi connectivity index (χ3v) is 3.10. The average molecular weight is 226 g/mol. The van der Waals surface area contributed by atoms with Crippen molar-refractivity contribution in [3.05, 3.63) is 34.9 Å². The van der Waals surface area contributed by atoms with Gasteiger partial charge in [0.15, 0.2) is 0 Å². The van der Waals surface area contributed by atoms with Gasteiger partial charge in [-0.3, -0.25) is 0 Å². The van der Waals surface area contributed by atoms with Gasteiger partial charge in [-0.1, -0.05) is 23.8 Å². The van der Waals surface area contributed by atoms with Crippen molar-refractivity contribution < 1.29 is 18.7 Å². The van der Waals surface area contributed by atoms with Crippen LogP contribution >= 0.6 is 0 Å². The Morgan fingerprint density at radius 3 is 2.81 bits per heavy atom. The first-order valence-corrected chi connectivity index (χ1v) is 5.13. The molecule has 0 heterocycles. The number of carbonyl (C=O) groups is 1. The van der Waals surface area contributed by atoms with Crippen LogP contribution in [0.3, 0.4) is 0 Å². The number of carboxylic acid groups (broad SMARTS) is 1. The number of aryl methyl sites for hydroxylation is 2. The predicted molar refractivity (Wildman–Crippen MR) is 54.8 cm³/mol. The second kappa shape index (κ2) is 3.54. The number of halogens is 2. The molecular formula is C12H12F2O2. The van der Waals surface area contributed by atoms with Gasteiger partial charge in [-0.15, -0.1) is 0 Å². The van der Waals surface area contributed by atoms with Gasteiger partial charge in [0, 0.05) is 0 Å². The molecule has 0 spiro atoms. The Hall–Kier alpha value is -1.45. The molecule has 1 aliphatic carbocycles. The minimum absolute atomic E-state index is 0.206. The van der Waals surface area contributed by atoms with Crippen LogP contribution in [0.15, 0.2) is 18.2 Å². The van der Waals surface area contributed by atoms with E-state index in [9.17, 15) is 13.6 Å². The molecule has 86 valence electrons. The van der Waals surface area contributed by atoms with E-state index in [1.54, 1.807) is 6.07 Å². The van der Waals surface area contributed by atoms with Crippen molar-refractivity contribution in [2.75, 3.05) is 0 Å². The summed E-state index contributed by atoms with van der Waals surface area (Å²) in [4.78, 5) is 10.6. The molecular weight excluding hydrogens is 214 g/mol. The molecule has 2 rings (SSSR count). The van der Waals surface area contributed by atoms with E-state index in [0.29, 0.717) is 12.0 Å². The van der Waals surface area contributed by atoms with Gasteiger partial charge in [-0.05, 0) is 30.9 Å². The zero-order valence-corrected chi connectivity index (χ0v) is 8.84. The van der Waals surface area contributed by atoms with Gasteiger partial charge in [-0.2, -0.15) is 8.78 Å². The zero-order chi connectivity index (χ0) is 11.9. The van der Waals surface area contributed by atoms with Crippen LogP contribution in [0, 0.1) is 6.92 Å². The Bertz CT molecular complexity index is 441. The largest absolute Gasteiger partial charge is 0.477 e. The van der Waals surface area contributed by atoms with E-state index < -0.39 is 17.8 Å². The van der Waals surface area contributed by atoms with E-state index in [4.69, 9.17) is 5.11 Å². The molecule has 1 N–H and O–H groups in total. The zero-order valence-electron chi connectivity index (χ0n) is 8.84. The van der Waals surface area contributed by atoms with Gasteiger partial charge in [-0.25, -0.2) is 4.79 Å². The van der Waals surface area contributed by atoms with Crippen molar-refractivity contribution in [3.8, 4) is 0 Å². The maximum atomic E-state index is 13.5. The van der Waals surface area contributed by atoms with Gasteiger partial charge >= 0.3 is 11.9 Å². The molecule has 1 aromatic carbocycles. The number of hydrogen-bond acceptors (Lipinski definition) is 1. The molecule has 2 nitrogen and oxygen atoms in total. The van der Waals surface area contributed by atoms with Crippen molar-refractivity contribution in [1.82, 2.24) is 0 Å². The van der Waals surface area contributed by atoms with E-state index >= 15 is 0 Å². The Morgan fingerprint density at radius 2 is 2.19 bits per heavy atom. The average Bonchev–Trinajstić information content (AvgIpc) is 2.60. The topological polar surface area (TPSA) is 37.3 Å². The van der Waals surface area contributed by atoms with E-state index in [-0.39, 0.29) is 6.42 Å². The van der Waals surface area contributed by atoms with Crippen LogP contribution < -0.4 is 0 Å². The van der Waals surface area contributed by atoms with E-state index in [0.717, 1.165) is 11.1 Å². The SMILES string of the molecule is Cc1ccc2c(c1)C(C(F)(F)C(=O)O)CC2. The first-order chi connectivity index (χ1) is 7.43. The lowest BCUT2D eigenvalue weighted by atomic mass is 9.93. The number of rotatable bonds is 2. The molecule has 1 aromatic rings. The second-order valence-corrected chi connectivity index (χ2v) is 4.22. The number of aliphatic carboxylic acids is 1. The fraction of sp³-hybridized carbons (Fsp3) is 0.417. The van der Waals surface area contributed by atoms with Crippen molar-refractivity contribution in [2.45, 2.75) is 31.6 Å². The summed E-state index contributed by atoms with van der Waals surface area (Å²) in [6, 6.07) is 5.34. The van der Waals surface area contributed by atoms with Gasteiger partial charge in [0.05, 0.1) is 5.92 Å². The standard InChI is InChI=1S/C12H12F2O2/c1-7-2-3-8-4-5-10(9(8)6-7)12(13,14)11(15)16/h2-3,6,10H,4-5H2,1H3,(H,15,16). The van der Waals surface area contributed by atoms with Gasteiger partial charge in [0.25, 0.3) is 0 Å². The van der Waals surface area contributed by atoms with Crippen LogP contribution in [0.25, 0.3) is 0 Å². The van der Waals surface area contributed by atoms with Crippen molar-refractivity contribution >= 4 is 5.97 Å². The molecule has 0 aromatic heterocycles. The predicted octanol–water partition coefficient (Wildman–Crippen LogP) is 2.74. The van der Waals surface area contributed by atoms with Gasteiger partial charge < -0.3 is 5.11 Å². The Labute approximate surface area is 91.9 Å². The van der Waals surface area contributed by atoms with E-state index in [1.807, 2.05) is 19.1 Å². The van der Waals surface area contributed by atoms with Crippen LogP contribution in [-0.2, 0) is 11.2 Å².